The first-order chi connectivity index (χ1) is 14.4. The van der Waals surface area contributed by atoms with E-state index >= 15 is 0 Å². The Morgan fingerprint density at radius 1 is 0.967 bits per heavy atom. The highest BCUT2D eigenvalue weighted by molar-refractivity contribution is 6.30. The quantitative estimate of drug-likeness (QED) is 0.580. The average Bonchev–Trinajstić information content (AvgIpc) is 2.71. The minimum atomic E-state index is -0.691. The number of anilines is 2. The molecular formula is C21H16ClF2N3O3. The van der Waals surface area contributed by atoms with Gasteiger partial charge in [0.1, 0.15) is 23.2 Å². The number of carbonyl (C=O) groups is 2. The smallest absolute Gasteiger partial charge is 0.259 e. The van der Waals surface area contributed by atoms with Crippen molar-refractivity contribution >= 4 is 34.9 Å². The van der Waals surface area contributed by atoms with Gasteiger partial charge in [-0.3, -0.25) is 9.59 Å². The van der Waals surface area contributed by atoms with Gasteiger partial charge in [-0.15, -0.1) is 0 Å². The van der Waals surface area contributed by atoms with Crippen molar-refractivity contribution < 1.29 is 23.1 Å². The van der Waals surface area contributed by atoms with E-state index in [4.69, 9.17) is 16.3 Å². The summed E-state index contributed by atoms with van der Waals surface area (Å²) in [5, 5.41) is 5.43. The van der Waals surface area contributed by atoms with Gasteiger partial charge in [0, 0.05) is 12.3 Å². The molecule has 2 amide bonds. The fourth-order valence-corrected chi connectivity index (χ4v) is 2.71. The highest BCUT2D eigenvalue weighted by Gasteiger charge is 2.19. The Morgan fingerprint density at radius 3 is 2.37 bits per heavy atom. The van der Waals surface area contributed by atoms with Crippen LogP contribution in [0.2, 0.25) is 5.02 Å². The Bertz CT molecular complexity index is 1090. The molecule has 1 heterocycles. The number of benzene rings is 2. The first-order valence-corrected chi connectivity index (χ1v) is 9.21. The number of hydrogen-bond acceptors (Lipinski definition) is 4. The Balaban J connectivity index is 1.87. The molecule has 0 atom stereocenters. The van der Waals surface area contributed by atoms with Crippen LogP contribution in [0.4, 0.5) is 20.3 Å². The van der Waals surface area contributed by atoms with E-state index in [-0.39, 0.29) is 35.0 Å². The number of nitrogens with zero attached hydrogens (tertiary/aromatic N) is 1. The second-order valence-corrected chi connectivity index (χ2v) is 6.47. The Kier molecular flexibility index (Phi) is 6.58. The number of pyridine rings is 1. The summed E-state index contributed by atoms with van der Waals surface area (Å²) in [5.74, 6) is -2.32. The molecule has 154 valence electrons. The normalized spacial score (nSPS) is 10.4. The molecule has 3 aromatic rings. The lowest BCUT2D eigenvalue weighted by Gasteiger charge is -2.14. The molecule has 30 heavy (non-hydrogen) atoms. The standard InChI is InChI=1S/C21H16ClF2N3O3/c1-2-30-18-10-14(24)4-6-15(18)20(28)26-17-7-5-13(23)9-16(17)21(29)27-19-8-3-12(22)11-25-19/h3-11H,2H2,1H3,(H,26,28)(H,25,27,29). The van der Waals surface area contributed by atoms with E-state index in [9.17, 15) is 18.4 Å². The number of carbonyl (C=O) groups excluding carboxylic acids is 2. The van der Waals surface area contributed by atoms with Crippen LogP contribution in [0, 0.1) is 11.6 Å². The van der Waals surface area contributed by atoms with Crippen molar-refractivity contribution in [1.82, 2.24) is 4.98 Å². The van der Waals surface area contributed by atoms with Crippen molar-refractivity contribution in [2.24, 2.45) is 0 Å². The van der Waals surface area contributed by atoms with Crippen LogP contribution in [0.15, 0.2) is 54.7 Å². The number of amides is 2. The van der Waals surface area contributed by atoms with Crippen LogP contribution in [0.3, 0.4) is 0 Å². The van der Waals surface area contributed by atoms with E-state index in [2.05, 4.69) is 15.6 Å². The van der Waals surface area contributed by atoms with Crippen molar-refractivity contribution in [3.05, 3.63) is 82.5 Å². The number of hydrogen-bond donors (Lipinski definition) is 2. The largest absolute Gasteiger partial charge is 0.493 e. The Morgan fingerprint density at radius 2 is 1.67 bits per heavy atom. The summed E-state index contributed by atoms with van der Waals surface area (Å²) in [7, 11) is 0. The van der Waals surface area contributed by atoms with Gasteiger partial charge in [-0.1, -0.05) is 11.6 Å². The summed E-state index contributed by atoms with van der Waals surface area (Å²) in [6.45, 7) is 1.92. The van der Waals surface area contributed by atoms with E-state index in [0.29, 0.717) is 5.02 Å². The van der Waals surface area contributed by atoms with Gasteiger partial charge in [-0.2, -0.15) is 0 Å². The molecule has 0 unspecified atom stereocenters. The van der Waals surface area contributed by atoms with E-state index in [1.807, 2.05) is 0 Å². The zero-order valence-corrected chi connectivity index (χ0v) is 16.5. The zero-order valence-electron chi connectivity index (χ0n) is 15.7. The van der Waals surface area contributed by atoms with Gasteiger partial charge < -0.3 is 15.4 Å². The fraction of sp³-hybridized carbons (Fsp3) is 0.0952. The Hall–Kier alpha value is -3.52. The van der Waals surface area contributed by atoms with Crippen LogP contribution in [-0.4, -0.2) is 23.4 Å². The van der Waals surface area contributed by atoms with Crippen molar-refractivity contribution in [3.63, 3.8) is 0 Å². The number of ether oxygens (including phenoxy) is 1. The molecule has 9 heteroatoms. The Labute approximate surface area is 175 Å². The maximum Gasteiger partial charge on any atom is 0.259 e. The van der Waals surface area contributed by atoms with Crippen molar-refractivity contribution in [2.75, 3.05) is 17.2 Å². The van der Waals surface area contributed by atoms with E-state index in [1.54, 1.807) is 6.92 Å². The molecule has 0 fully saturated rings. The van der Waals surface area contributed by atoms with Gasteiger partial charge >= 0.3 is 0 Å². The van der Waals surface area contributed by atoms with Crippen molar-refractivity contribution in [3.8, 4) is 5.75 Å². The van der Waals surface area contributed by atoms with E-state index < -0.39 is 23.4 Å². The minimum absolute atomic E-state index is 0.0495. The average molecular weight is 432 g/mol. The maximum absolute atomic E-state index is 13.8. The van der Waals surface area contributed by atoms with Crippen LogP contribution < -0.4 is 15.4 Å². The molecule has 0 aliphatic rings. The topological polar surface area (TPSA) is 80.3 Å². The molecule has 1 aromatic heterocycles. The maximum atomic E-state index is 13.8. The van der Waals surface area contributed by atoms with Crippen LogP contribution >= 0.6 is 11.6 Å². The number of halogens is 3. The van der Waals surface area contributed by atoms with Crippen LogP contribution in [0.25, 0.3) is 0 Å². The summed E-state index contributed by atoms with van der Waals surface area (Å²) >= 11 is 5.77. The van der Waals surface area contributed by atoms with Gasteiger partial charge in [-0.25, -0.2) is 13.8 Å². The SMILES string of the molecule is CCOc1cc(F)ccc1C(=O)Nc1ccc(F)cc1C(=O)Nc1ccc(Cl)cn1. The number of aromatic nitrogens is 1. The predicted molar refractivity (Wildman–Crippen MR) is 109 cm³/mol. The first kappa shape index (κ1) is 21.2. The van der Waals surface area contributed by atoms with E-state index in [0.717, 1.165) is 24.3 Å². The van der Waals surface area contributed by atoms with Gasteiger partial charge in [0.15, 0.2) is 0 Å². The van der Waals surface area contributed by atoms with Crippen LogP contribution in [-0.2, 0) is 0 Å². The van der Waals surface area contributed by atoms with Crippen molar-refractivity contribution in [2.45, 2.75) is 6.92 Å². The molecule has 2 N–H and O–H groups in total. The van der Waals surface area contributed by atoms with E-state index in [1.165, 1.54) is 30.5 Å². The molecule has 6 nitrogen and oxygen atoms in total. The minimum Gasteiger partial charge on any atom is -0.493 e. The molecule has 3 rings (SSSR count). The lowest BCUT2D eigenvalue weighted by molar-refractivity contribution is 0.102. The molecule has 0 bridgehead atoms. The van der Waals surface area contributed by atoms with Crippen molar-refractivity contribution in [1.29, 1.82) is 0 Å². The molecular weight excluding hydrogens is 416 g/mol. The third kappa shape index (κ3) is 5.09. The van der Waals surface area contributed by atoms with Gasteiger partial charge in [-0.05, 0) is 49.4 Å². The molecule has 0 spiro atoms. The summed E-state index contributed by atoms with van der Waals surface area (Å²) in [4.78, 5) is 29.3. The summed E-state index contributed by atoms with van der Waals surface area (Å²) < 4.78 is 32.6. The summed E-state index contributed by atoms with van der Waals surface area (Å²) in [6, 6.07) is 9.80. The predicted octanol–water partition coefficient (Wildman–Crippen LogP) is 4.92. The molecule has 2 aromatic carbocycles. The highest BCUT2D eigenvalue weighted by atomic mass is 35.5. The molecule has 0 radical (unpaired) electrons. The summed E-state index contributed by atoms with van der Waals surface area (Å²) in [6.07, 6.45) is 1.34. The fourth-order valence-electron chi connectivity index (χ4n) is 2.60. The van der Waals surface area contributed by atoms with Crippen LogP contribution in [0.5, 0.6) is 5.75 Å². The van der Waals surface area contributed by atoms with Gasteiger partial charge in [0.25, 0.3) is 11.8 Å². The first-order valence-electron chi connectivity index (χ1n) is 8.83. The van der Waals surface area contributed by atoms with Crippen LogP contribution in [0.1, 0.15) is 27.6 Å². The molecule has 0 aliphatic carbocycles. The second kappa shape index (κ2) is 9.32. The summed E-state index contributed by atoms with van der Waals surface area (Å²) in [5.41, 5.74) is -0.00638. The lowest BCUT2D eigenvalue weighted by Crippen LogP contribution is -2.19. The number of rotatable bonds is 6. The molecule has 0 aliphatic heterocycles. The highest BCUT2D eigenvalue weighted by Crippen LogP contribution is 2.24. The number of nitrogens with one attached hydrogen (secondary N) is 2. The monoisotopic (exact) mass is 431 g/mol. The molecule has 0 saturated carbocycles. The third-order valence-electron chi connectivity index (χ3n) is 3.93. The van der Waals surface area contributed by atoms with Gasteiger partial charge in [0.2, 0.25) is 0 Å². The zero-order chi connectivity index (χ0) is 21.7. The van der Waals surface area contributed by atoms with Gasteiger partial charge in [0.05, 0.1) is 28.4 Å². The third-order valence-corrected chi connectivity index (χ3v) is 4.16. The lowest BCUT2D eigenvalue weighted by atomic mass is 10.1. The second-order valence-electron chi connectivity index (χ2n) is 6.03. The molecule has 0 saturated heterocycles.